The van der Waals surface area contributed by atoms with Gasteiger partial charge in [-0.05, 0) is 94.4 Å². The number of hydrogen-bond donors (Lipinski definition) is 1. The summed E-state index contributed by atoms with van der Waals surface area (Å²) in [7, 11) is 0. The van der Waals surface area contributed by atoms with E-state index in [-0.39, 0.29) is 5.97 Å². The van der Waals surface area contributed by atoms with Crippen LogP contribution in [0.25, 0.3) is 0 Å². The number of nitrogens with zero attached hydrogens (tertiary/aromatic N) is 1. The molecule has 4 nitrogen and oxygen atoms in total. The van der Waals surface area contributed by atoms with Gasteiger partial charge in [0.2, 0.25) is 0 Å². The van der Waals surface area contributed by atoms with Crippen molar-refractivity contribution in [2.24, 2.45) is 5.92 Å². The number of benzene rings is 2. The topological polar surface area (TPSA) is 41.6 Å². The summed E-state index contributed by atoms with van der Waals surface area (Å²) >= 11 is 0. The molecule has 31 heavy (non-hydrogen) atoms. The summed E-state index contributed by atoms with van der Waals surface area (Å²) in [6, 6.07) is 19.5. The lowest BCUT2D eigenvalue weighted by molar-refractivity contribution is 0.0526. The van der Waals surface area contributed by atoms with Gasteiger partial charge in [0.25, 0.3) is 0 Å². The van der Waals surface area contributed by atoms with Crippen LogP contribution in [0, 0.1) is 5.92 Å². The average Bonchev–Trinajstić information content (AvgIpc) is 3.60. The van der Waals surface area contributed by atoms with Gasteiger partial charge >= 0.3 is 5.97 Å². The first-order valence-electron chi connectivity index (χ1n) is 12.0. The second-order valence-electron chi connectivity index (χ2n) is 9.07. The van der Waals surface area contributed by atoms with Crippen LogP contribution in [-0.2, 0) is 11.2 Å². The number of piperidine rings is 1. The Morgan fingerprint density at radius 1 is 1.06 bits per heavy atom. The van der Waals surface area contributed by atoms with Crippen LogP contribution >= 0.6 is 0 Å². The molecule has 1 heterocycles. The number of nitrogens with one attached hydrogen (secondary N) is 1. The SMILES string of the molecule is CCOC(=O)c1ccc(CCCN2CCC(CN[C@@H]3CC3c3ccccc3)CC2)cc1. The van der Waals surface area contributed by atoms with Gasteiger partial charge in [0, 0.05) is 12.0 Å². The molecule has 1 N–H and O–H groups in total. The van der Waals surface area contributed by atoms with E-state index >= 15 is 0 Å². The highest BCUT2D eigenvalue weighted by Gasteiger charge is 2.38. The smallest absolute Gasteiger partial charge is 0.338 e. The van der Waals surface area contributed by atoms with Crippen molar-refractivity contribution >= 4 is 5.97 Å². The molecule has 1 saturated carbocycles. The Hall–Kier alpha value is -2.17. The van der Waals surface area contributed by atoms with Gasteiger partial charge < -0.3 is 15.0 Å². The van der Waals surface area contributed by atoms with Crippen molar-refractivity contribution in [2.45, 2.75) is 51.0 Å². The van der Waals surface area contributed by atoms with Crippen LogP contribution < -0.4 is 5.32 Å². The van der Waals surface area contributed by atoms with Crippen LogP contribution in [0.5, 0.6) is 0 Å². The molecular weight excluding hydrogens is 384 g/mol. The van der Waals surface area contributed by atoms with E-state index in [2.05, 4.69) is 52.7 Å². The fourth-order valence-electron chi connectivity index (χ4n) is 4.75. The number of hydrogen-bond acceptors (Lipinski definition) is 4. The van der Waals surface area contributed by atoms with Crippen LogP contribution in [0.3, 0.4) is 0 Å². The highest BCUT2D eigenvalue weighted by Crippen LogP contribution is 2.40. The zero-order valence-corrected chi connectivity index (χ0v) is 18.8. The lowest BCUT2D eigenvalue weighted by Crippen LogP contribution is -2.38. The Bertz CT molecular complexity index is 813. The van der Waals surface area contributed by atoms with Crippen molar-refractivity contribution in [1.82, 2.24) is 10.2 Å². The summed E-state index contributed by atoms with van der Waals surface area (Å²) in [5.74, 6) is 1.32. The van der Waals surface area contributed by atoms with Crippen molar-refractivity contribution < 1.29 is 9.53 Å². The third kappa shape index (κ3) is 6.41. The zero-order chi connectivity index (χ0) is 21.5. The Balaban J connectivity index is 1.09. The monoisotopic (exact) mass is 420 g/mol. The first-order chi connectivity index (χ1) is 15.2. The third-order valence-electron chi connectivity index (χ3n) is 6.80. The van der Waals surface area contributed by atoms with Crippen LogP contribution in [0.2, 0.25) is 0 Å². The molecule has 4 rings (SSSR count). The van der Waals surface area contributed by atoms with Crippen molar-refractivity contribution in [3.63, 3.8) is 0 Å². The van der Waals surface area contributed by atoms with Gasteiger partial charge in [-0.3, -0.25) is 0 Å². The summed E-state index contributed by atoms with van der Waals surface area (Å²) in [5.41, 5.74) is 3.43. The van der Waals surface area contributed by atoms with E-state index in [1.807, 2.05) is 19.1 Å². The molecular formula is C27H36N2O2. The fourth-order valence-corrected chi connectivity index (χ4v) is 4.75. The van der Waals surface area contributed by atoms with E-state index < -0.39 is 0 Å². The maximum Gasteiger partial charge on any atom is 0.338 e. The lowest BCUT2D eigenvalue weighted by atomic mass is 9.96. The molecule has 2 aromatic rings. The molecule has 0 amide bonds. The normalized spacial score (nSPS) is 21.7. The summed E-state index contributed by atoms with van der Waals surface area (Å²) in [6.07, 6.45) is 6.15. The van der Waals surface area contributed by atoms with E-state index in [0.717, 1.165) is 18.3 Å². The number of aryl methyl sites for hydroxylation is 1. The van der Waals surface area contributed by atoms with E-state index in [4.69, 9.17) is 4.74 Å². The number of esters is 1. The maximum atomic E-state index is 11.7. The molecule has 1 saturated heterocycles. The van der Waals surface area contributed by atoms with Crippen LogP contribution in [0.4, 0.5) is 0 Å². The molecule has 4 heteroatoms. The minimum Gasteiger partial charge on any atom is -0.462 e. The quantitative estimate of drug-likeness (QED) is 0.568. The zero-order valence-electron chi connectivity index (χ0n) is 18.8. The molecule has 0 spiro atoms. The molecule has 2 atom stereocenters. The second kappa shape index (κ2) is 10.9. The molecule has 1 aliphatic carbocycles. The number of rotatable bonds is 10. The largest absolute Gasteiger partial charge is 0.462 e. The Morgan fingerprint density at radius 2 is 1.81 bits per heavy atom. The van der Waals surface area contributed by atoms with Gasteiger partial charge in [-0.2, -0.15) is 0 Å². The highest BCUT2D eigenvalue weighted by atomic mass is 16.5. The lowest BCUT2D eigenvalue weighted by Gasteiger charge is -2.32. The molecule has 1 aliphatic heterocycles. The number of carbonyl (C=O) groups is 1. The summed E-state index contributed by atoms with van der Waals surface area (Å²) in [5, 5.41) is 3.82. The predicted molar refractivity (Wildman–Crippen MR) is 125 cm³/mol. The Labute approximate surface area is 187 Å². The number of carbonyl (C=O) groups excluding carboxylic acids is 1. The van der Waals surface area contributed by atoms with Crippen molar-refractivity contribution in [2.75, 3.05) is 32.8 Å². The van der Waals surface area contributed by atoms with Gasteiger partial charge in [0.05, 0.1) is 12.2 Å². The summed E-state index contributed by atoms with van der Waals surface area (Å²) < 4.78 is 5.05. The number of ether oxygens (including phenoxy) is 1. The van der Waals surface area contributed by atoms with Crippen LogP contribution in [0.15, 0.2) is 54.6 Å². The first-order valence-corrected chi connectivity index (χ1v) is 12.0. The molecule has 2 fully saturated rings. The highest BCUT2D eigenvalue weighted by molar-refractivity contribution is 5.89. The van der Waals surface area contributed by atoms with Gasteiger partial charge in [-0.1, -0.05) is 42.5 Å². The molecule has 2 aliphatic rings. The molecule has 166 valence electrons. The Morgan fingerprint density at radius 3 is 2.52 bits per heavy atom. The maximum absolute atomic E-state index is 11.7. The third-order valence-corrected chi connectivity index (χ3v) is 6.80. The van der Waals surface area contributed by atoms with Gasteiger partial charge in [-0.25, -0.2) is 4.79 Å². The Kier molecular flexibility index (Phi) is 7.76. The van der Waals surface area contributed by atoms with Crippen molar-refractivity contribution in [3.05, 3.63) is 71.3 Å². The van der Waals surface area contributed by atoms with E-state index in [1.54, 1.807) is 0 Å². The van der Waals surface area contributed by atoms with Crippen molar-refractivity contribution in [1.29, 1.82) is 0 Å². The molecule has 0 aromatic heterocycles. The summed E-state index contributed by atoms with van der Waals surface area (Å²) in [6.45, 7) is 7.04. The van der Waals surface area contributed by atoms with Gasteiger partial charge in [0.15, 0.2) is 0 Å². The molecule has 0 radical (unpaired) electrons. The first kappa shape index (κ1) is 22.0. The van der Waals surface area contributed by atoms with Crippen LogP contribution in [0.1, 0.15) is 60.0 Å². The van der Waals surface area contributed by atoms with Gasteiger partial charge in [0.1, 0.15) is 0 Å². The van der Waals surface area contributed by atoms with E-state index in [9.17, 15) is 4.79 Å². The second-order valence-corrected chi connectivity index (χ2v) is 9.07. The van der Waals surface area contributed by atoms with Crippen LogP contribution in [-0.4, -0.2) is 49.7 Å². The number of likely N-dealkylation sites (tertiary alicyclic amines) is 1. The fraction of sp³-hybridized carbons (Fsp3) is 0.519. The van der Waals surface area contributed by atoms with Gasteiger partial charge in [-0.15, -0.1) is 0 Å². The standard InChI is InChI=1S/C27H36N2O2/c1-2-31-27(30)24-12-10-21(11-13-24)7-6-16-29-17-14-22(15-18-29)20-28-26-19-25(26)23-8-4-3-5-9-23/h3-5,8-13,22,25-26,28H,2,6-7,14-20H2,1H3/t25?,26-/m1/s1. The molecule has 1 unspecified atom stereocenters. The minimum atomic E-state index is -0.233. The molecule has 0 bridgehead atoms. The van der Waals surface area contributed by atoms with Crippen molar-refractivity contribution in [3.8, 4) is 0 Å². The van der Waals surface area contributed by atoms with E-state index in [0.29, 0.717) is 18.2 Å². The minimum absolute atomic E-state index is 0.233. The molecule has 2 aromatic carbocycles. The summed E-state index contributed by atoms with van der Waals surface area (Å²) in [4.78, 5) is 14.4. The van der Waals surface area contributed by atoms with E-state index in [1.165, 1.54) is 63.0 Å². The predicted octanol–water partition coefficient (Wildman–Crippen LogP) is 4.65. The average molecular weight is 421 g/mol.